The molecular formula is C32H33NO7. The summed E-state index contributed by atoms with van der Waals surface area (Å²) in [4.78, 5) is 28.0. The van der Waals surface area contributed by atoms with Gasteiger partial charge in [0.15, 0.2) is 11.5 Å². The number of fused-ring (bicyclic) bond motifs is 1. The van der Waals surface area contributed by atoms with E-state index in [1.165, 1.54) is 12.0 Å². The molecule has 0 aliphatic carbocycles. The number of carbonyl (C=O) groups excluding carboxylic acids is 2. The number of aliphatic hydroxyl groups excluding tert-OH is 1. The van der Waals surface area contributed by atoms with Crippen LogP contribution in [0.2, 0.25) is 0 Å². The third-order valence-electron chi connectivity index (χ3n) is 7.07. The van der Waals surface area contributed by atoms with Crippen molar-refractivity contribution in [3.8, 4) is 17.2 Å². The van der Waals surface area contributed by atoms with Crippen molar-refractivity contribution >= 4 is 17.4 Å². The minimum atomic E-state index is -0.832. The van der Waals surface area contributed by atoms with Crippen LogP contribution in [-0.4, -0.2) is 54.7 Å². The molecule has 1 amide bonds. The first-order chi connectivity index (χ1) is 19.4. The Morgan fingerprint density at radius 3 is 2.58 bits per heavy atom. The number of ether oxygens (including phenoxy) is 4. The largest absolute Gasteiger partial charge is 0.507 e. The zero-order chi connectivity index (χ0) is 28.2. The quantitative estimate of drug-likeness (QED) is 0.217. The number of hydrogen-bond donors (Lipinski definition) is 1. The molecule has 0 bridgehead atoms. The molecule has 3 aromatic carbocycles. The summed E-state index contributed by atoms with van der Waals surface area (Å²) in [7, 11) is 1.53. The minimum Gasteiger partial charge on any atom is -0.507 e. The molecular weight excluding hydrogens is 510 g/mol. The van der Waals surface area contributed by atoms with Crippen LogP contribution in [-0.2, 0) is 27.4 Å². The van der Waals surface area contributed by atoms with Crippen molar-refractivity contribution in [1.82, 2.24) is 4.90 Å². The van der Waals surface area contributed by atoms with Crippen molar-refractivity contribution in [3.05, 3.63) is 94.6 Å². The van der Waals surface area contributed by atoms with Crippen molar-refractivity contribution < 1.29 is 33.6 Å². The summed E-state index contributed by atoms with van der Waals surface area (Å²) < 4.78 is 23.0. The van der Waals surface area contributed by atoms with Gasteiger partial charge in [0.25, 0.3) is 11.7 Å². The number of aliphatic hydroxyl groups is 1. The lowest BCUT2D eigenvalue weighted by Crippen LogP contribution is -2.32. The molecule has 208 valence electrons. The highest BCUT2D eigenvalue weighted by Gasteiger charge is 2.46. The number of carbonyl (C=O) groups is 2. The van der Waals surface area contributed by atoms with Crippen LogP contribution in [0.3, 0.4) is 0 Å². The molecule has 3 aromatic rings. The minimum absolute atomic E-state index is 0.0217. The van der Waals surface area contributed by atoms with E-state index in [0.29, 0.717) is 42.3 Å². The summed E-state index contributed by atoms with van der Waals surface area (Å²) in [5.74, 6) is 0.115. The van der Waals surface area contributed by atoms with E-state index in [1.54, 1.807) is 30.3 Å². The Balaban J connectivity index is 1.55. The fourth-order valence-electron chi connectivity index (χ4n) is 5.19. The fourth-order valence-corrected chi connectivity index (χ4v) is 5.19. The average molecular weight is 544 g/mol. The average Bonchev–Trinajstić information content (AvgIpc) is 3.46. The number of hydrogen-bond acceptors (Lipinski definition) is 7. The van der Waals surface area contributed by atoms with Gasteiger partial charge in [0, 0.05) is 25.6 Å². The van der Waals surface area contributed by atoms with E-state index in [2.05, 4.69) is 0 Å². The van der Waals surface area contributed by atoms with Crippen LogP contribution in [0.5, 0.6) is 17.2 Å². The summed E-state index contributed by atoms with van der Waals surface area (Å²) in [6.07, 6.45) is 0.733. The molecule has 8 nitrogen and oxygen atoms in total. The van der Waals surface area contributed by atoms with E-state index in [4.69, 9.17) is 18.9 Å². The molecule has 2 heterocycles. The third-order valence-corrected chi connectivity index (χ3v) is 7.07. The molecule has 0 unspecified atom stereocenters. The number of likely N-dealkylation sites (tertiary alicyclic amines) is 1. The highest BCUT2D eigenvalue weighted by Crippen LogP contribution is 2.43. The number of rotatable bonds is 10. The van der Waals surface area contributed by atoms with Crippen LogP contribution < -0.4 is 14.2 Å². The second-order valence-corrected chi connectivity index (χ2v) is 9.85. The molecule has 2 aliphatic rings. The van der Waals surface area contributed by atoms with Crippen LogP contribution >= 0.6 is 0 Å². The van der Waals surface area contributed by atoms with Gasteiger partial charge in [0.05, 0.1) is 24.8 Å². The molecule has 8 heteroatoms. The van der Waals surface area contributed by atoms with Crippen molar-refractivity contribution in [2.45, 2.75) is 39.0 Å². The topological polar surface area (TPSA) is 94.5 Å². The van der Waals surface area contributed by atoms with Crippen molar-refractivity contribution in [3.63, 3.8) is 0 Å². The molecule has 2 aliphatic heterocycles. The Labute approximate surface area is 233 Å². The maximum atomic E-state index is 13.4. The van der Waals surface area contributed by atoms with Crippen LogP contribution in [0, 0.1) is 0 Å². The van der Waals surface area contributed by atoms with E-state index < -0.39 is 17.7 Å². The smallest absolute Gasteiger partial charge is 0.295 e. The van der Waals surface area contributed by atoms with E-state index in [1.807, 2.05) is 50.2 Å². The number of benzene rings is 3. The van der Waals surface area contributed by atoms with Gasteiger partial charge in [-0.25, -0.2) is 0 Å². The third kappa shape index (κ3) is 5.40. The first-order valence-corrected chi connectivity index (χ1v) is 13.4. The summed E-state index contributed by atoms with van der Waals surface area (Å²) in [5, 5.41) is 11.5. The summed E-state index contributed by atoms with van der Waals surface area (Å²) >= 11 is 0. The van der Waals surface area contributed by atoms with Gasteiger partial charge in [-0.1, -0.05) is 36.4 Å². The predicted molar refractivity (Wildman–Crippen MR) is 150 cm³/mol. The van der Waals surface area contributed by atoms with Gasteiger partial charge >= 0.3 is 0 Å². The number of methoxy groups -OCH3 is 1. The Morgan fingerprint density at radius 1 is 1.02 bits per heavy atom. The first kappa shape index (κ1) is 27.3. The second kappa shape index (κ2) is 11.8. The van der Waals surface area contributed by atoms with Crippen LogP contribution in [0.4, 0.5) is 0 Å². The second-order valence-electron chi connectivity index (χ2n) is 9.85. The van der Waals surface area contributed by atoms with Crippen LogP contribution in [0.15, 0.2) is 72.3 Å². The standard InChI is InChI=1S/C32H33NO7/c1-4-38-27-18-22(10-13-26(27)39-19-21-8-6-5-7-9-21)29-28(31(35)32(36)33(29)14-15-37-3)30(34)23-11-12-25-24(17-23)16-20(2)40-25/h5-13,17-18,20,29,34H,4,14-16,19H2,1-3H3/b30-28+/t20-,29+/m1/s1. The summed E-state index contributed by atoms with van der Waals surface area (Å²) in [6, 6.07) is 19.6. The van der Waals surface area contributed by atoms with Crippen molar-refractivity contribution in [2.75, 3.05) is 26.9 Å². The monoisotopic (exact) mass is 543 g/mol. The molecule has 0 radical (unpaired) electrons. The highest BCUT2D eigenvalue weighted by atomic mass is 16.5. The van der Waals surface area contributed by atoms with Crippen molar-refractivity contribution in [1.29, 1.82) is 0 Å². The Bertz CT molecular complexity index is 1430. The van der Waals surface area contributed by atoms with Gasteiger partial charge in [-0.2, -0.15) is 0 Å². The Morgan fingerprint density at radius 2 is 1.82 bits per heavy atom. The number of ketones is 1. The lowest BCUT2D eigenvalue weighted by molar-refractivity contribution is -0.140. The normalized spacial score (nSPS) is 19.4. The number of Topliss-reactive ketones (excluding diaryl/α,β-unsaturated/α-hetero) is 1. The summed E-state index contributed by atoms with van der Waals surface area (Å²) in [5.41, 5.74) is 3.05. The van der Waals surface area contributed by atoms with E-state index in [0.717, 1.165) is 16.9 Å². The first-order valence-electron chi connectivity index (χ1n) is 13.4. The molecule has 0 spiro atoms. The molecule has 1 saturated heterocycles. The van der Waals surface area contributed by atoms with Crippen molar-refractivity contribution in [2.24, 2.45) is 0 Å². The Hall–Kier alpha value is -4.30. The molecule has 40 heavy (non-hydrogen) atoms. The van der Waals surface area contributed by atoms with Crippen LogP contribution in [0.25, 0.3) is 5.76 Å². The van der Waals surface area contributed by atoms with Gasteiger partial charge in [-0.05, 0) is 60.9 Å². The molecule has 2 atom stereocenters. The Kier molecular flexibility index (Phi) is 8.07. The SMILES string of the molecule is CCOc1cc([C@H]2/C(=C(\O)c3ccc4c(c3)C[C@@H](C)O4)C(=O)C(=O)N2CCOC)ccc1OCc1ccccc1. The van der Waals surface area contributed by atoms with Crippen LogP contribution in [0.1, 0.15) is 42.1 Å². The lowest BCUT2D eigenvalue weighted by Gasteiger charge is -2.26. The zero-order valence-electron chi connectivity index (χ0n) is 22.9. The van der Waals surface area contributed by atoms with Gasteiger partial charge in [-0.15, -0.1) is 0 Å². The van der Waals surface area contributed by atoms with E-state index in [-0.39, 0.29) is 30.6 Å². The van der Waals surface area contributed by atoms with Gasteiger partial charge in [0.1, 0.15) is 24.2 Å². The van der Waals surface area contributed by atoms with Gasteiger partial charge in [-0.3, -0.25) is 9.59 Å². The van der Waals surface area contributed by atoms with Gasteiger partial charge in [0.2, 0.25) is 0 Å². The number of nitrogens with zero attached hydrogens (tertiary/aromatic N) is 1. The van der Waals surface area contributed by atoms with Gasteiger partial charge < -0.3 is 29.0 Å². The molecule has 5 rings (SSSR count). The predicted octanol–water partition coefficient (Wildman–Crippen LogP) is 5.06. The lowest BCUT2D eigenvalue weighted by atomic mass is 9.94. The molecule has 1 fully saturated rings. The van der Waals surface area contributed by atoms with E-state index in [9.17, 15) is 14.7 Å². The summed E-state index contributed by atoms with van der Waals surface area (Å²) in [6.45, 7) is 5.00. The maximum absolute atomic E-state index is 13.4. The number of amides is 1. The van der Waals surface area contributed by atoms with E-state index >= 15 is 0 Å². The molecule has 0 saturated carbocycles. The maximum Gasteiger partial charge on any atom is 0.295 e. The highest BCUT2D eigenvalue weighted by molar-refractivity contribution is 6.46. The molecule has 0 aromatic heterocycles. The fraction of sp³-hybridized carbons (Fsp3) is 0.312. The molecule has 1 N–H and O–H groups in total. The zero-order valence-corrected chi connectivity index (χ0v) is 22.9.